The van der Waals surface area contributed by atoms with Gasteiger partial charge in [0.05, 0.1) is 5.56 Å². The Morgan fingerprint density at radius 2 is 1.09 bits per heavy atom. The molecule has 0 N–H and O–H groups in total. The summed E-state index contributed by atoms with van der Waals surface area (Å²) in [5.74, 6) is -14.5. The van der Waals surface area contributed by atoms with Gasteiger partial charge in [0.1, 0.15) is 0 Å². The molecule has 0 bridgehead atoms. The van der Waals surface area contributed by atoms with Gasteiger partial charge in [-0.25, -0.2) is 30.7 Å². The third-order valence-electron chi connectivity index (χ3n) is 2.80. The maximum atomic E-state index is 13.8. The predicted octanol–water partition coefficient (Wildman–Crippen LogP) is 4.96. The Kier molecular flexibility index (Phi) is 4.69. The molecule has 0 aliphatic rings. The van der Waals surface area contributed by atoms with Gasteiger partial charge in [-0.15, -0.1) is 0 Å². The van der Waals surface area contributed by atoms with Crippen LogP contribution >= 0.6 is 0 Å². The summed E-state index contributed by atoms with van der Waals surface area (Å²) in [6.45, 7) is 3.17. The van der Waals surface area contributed by atoms with E-state index in [9.17, 15) is 30.7 Å². The minimum Gasteiger partial charge on any atom is -0.539 e. The zero-order valence-electron chi connectivity index (χ0n) is 11.7. The van der Waals surface area contributed by atoms with E-state index in [1.54, 1.807) is 13.1 Å². The minimum atomic E-state index is -2.35. The van der Waals surface area contributed by atoms with Gasteiger partial charge in [-0.05, 0) is 30.8 Å². The monoisotopic (exact) mass is 353 g/mol. The lowest BCUT2D eigenvalue weighted by molar-refractivity contribution is 0.381. The molecule has 0 aliphatic heterocycles. The molecule has 0 spiro atoms. The normalized spacial score (nSPS) is 11.2. The van der Waals surface area contributed by atoms with Gasteiger partial charge in [-0.2, -0.15) is 0 Å². The second-order valence-corrected chi connectivity index (χ2v) is 6.74. The number of rotatable bonds is 3. The van der Waals surface area contributed by atoms with Crippen molar-refractivity contribution in [2.75, 3.05) is 0 Å². The van der Waals surface area contributed by atoms with Crippen molar-refractivity contribution in [2.45, 2.75) is 13.1 Å². The fraction of sp³-hybridized carbons (Fsp3) is 0.143. The van der Waals surface area contributed by atoms with Crippen molar-refractivity contribution in [1.82, 2.24) is 0 Å². The molecule has 0 atom stereocenters. The largest absolute Gasteiger partial charge is 0.539 e. The van der Waals surface area contributed by atoms with Gasteiger partial charge in [0, 0.05) is 0 Å². The lowest BCUT2D eigenvalue weighted by atomic mass is 10.0. The van der Waals surface area contributed by atoms with Crippen LogP contribution in [0.1, 0.15) is 0 Å². The Balaban J connectivity index is 2.70. The van der Waals surface area contributed by atoms with Crippen LogP contribution in [0.15, 0.2) is 12.1 Å². The Bertz CT molecular complexity index is 724. The van der Waals surface area contributed by atoms with Gasteiger partial charge in [0.25, 0.3) is 9.04 Å². The maximum absolute atomic E-state index is 13.8. The Hall–Kier alpha value is -2.03. The van der Waals surface area contributed by atoms with Gasteiger partial charge >= 0.3 is 0 Å². The van der Waals surface area contributed by atoms with Gasteiger partial charge in [-0.1, -0.05) is 0 Å². The second kappa shape index (κ2) is 6.23. The number of benzene rings is 2. The topological polar surface area (TPSA) is 9.23 Å². The molecule has 0 aromatic heterocycles. The Labute approximate surface area is 128 Å². The summed E-state index contributed by atoms with van der Waals surface area (Å²) < 4.78 is 99.3. The van der Waals surface area contributed by atoms with Crippen LogP contribution in [0.4, 0.5) is 30.7 Å². The standard InChI is InChI=1S/C14H8F7OSi/c1-23(2)22-14-6(15)3-5(4-7(14)16)8-9(17)11(19)13(21)12(20)10(8)18/h3-4H,1-2H3. The molecule has 123 valence electrons. The molecule has 23 heavy (non-hydrogen) atoms. The van der Waals surface area contributed by atoms with Crippen LogP contribution in [0.25, 0.3) is 11.1 Å². The maximum Gasteiger partial charge on any atom is 0.274 e. The number of hydrogen-bond acceptors (Lipinski definition) is 1. The molecular formula is C14H8F7OSi. The minimum absolute atomic E-state index is 0.446. The average molecular weight is 353 g/mol. The van der Waals surface area contributed by atoms with Crippen molar-refractivity contribution >= 4 is 9.04 Å². The third kappa shape index (κ3) is 3.05. The van der Waals surface area contributed by atoms with E-state index in [0.29, 0.717) is 12.1 Å². The summed E-state index contributed by atoms with van der Waals surface area (Å²) in [6, 6.07) is 0.892. The molecule has 0 unspecified atom stereocenters. The third-order valence-corrected chi connectivity index (χ3v) is 3.42. The molecule has 0 aliphatic carbocycles. The highest BCUT2D eigenvalue weighted by Crippen LogP contribution is 2.35. The highest BCUT2D eigenvalue weighted by molar-refractivity contribution is 6.49. The van der Waals surface area contributed by atoms with Crippen LogP contribution in [-0.2, 0) is 0 Å². The Morgan fingerprint density at radius 1 is 0.696 bits per heavy atom. The van der Waals surface area contributed by atoms with Gasteiger partial charge in [0.2, 0.25) is 5.82 Å². The van der Waals surface area contributed by atoms with Crippen LogP contribution in [0, 0.1) is 40.7 Å². The Morgan fingerprint density at radius 3 is 1.48 bits per heavy atom. The highest BCUT2D eigenvalue weighted by Gasteiger charge is 2.28. The average Bonchev–Trinajstić information content (AvgIpc) is 2.47. The van der Waals surface area contributed by atoms with Crippen LogP contribution in [-0.4, -0.2) is 9.04 Å². The lowest BCUT2D eigenvalue weighted by Gasteiger charge is -2.13. The molecule has 0 saturated carbocycles. The molecule has 0 fully saturated rings. The van der Waals surface area contributed by atoms with E-state index in [0.717, 1.165) is 0 Å². The van der Waals surface area contributed by atoms with Gasteiger partial charge in [-0.3, -0.25) is 0 Å². The number of hydrogen-bond donors (Lipinski definition) is 0. The molecule has 2 aromatic rings. The predicted molar refractivity (Wildman–Crippen MR) is 69.7 cm³/mol. The van der Waals surface area contributed by atoms with Crippen molar-refractivity contribution in [3.63, 3.8) is 0 Å². The summed E-state index contributed by atoms with van der Waals surface area (Å²) >= 11 is 0. The van der Waals surface area contributed by atoms with E-state index in [1.807, 2.05) is 0 Å². The van der Waals surface area contributed by atoms with Crippen molar-refractivity contribution in [2.24, 2.45) is 0 Å². The molecule has 2 aromatic carbocycles. The molecule has 0 saturated heterocycles. The first kappa shape index (κ1) is 17.3. The van der Waals surface area contributed by atoms with Gasteiger partial charge < -0.3 is 4.43 Å². The summed E-state index contributed by atoms with van der Waals surface area (Å²) in [7, 11) is -1.54. The van der Waals surface area contributed by atoms with E-state index in [1.165, 1.54) is 0 Å². The van der Waals surface area contributed by atoms with Crippen molar-refractivity contribution in [1.29, 1.82) is 0 Å². The molecule has 1 nitrogen and oxygen atoms in total. The zero-order valence-corrected chi connectivity index (χ0v) is 12.7. The first-order valence-corrected chi connectivity index (χ1v) is 8.54. The van der Waals surface area contributed by atoms with E-state index in [-0.39, 0.29) is 0 Å². The fourth-order valence-electron chi connectivity index (χ4n) is 1.86. The first-order chi connectivity index (χ1) is 10.6. The molecule has 1 radical (unpaired) electrons. The summed E-state index contributed by atoms with van der Waals surface area (Å²) in [5, 5.41) is 0. The smallest absolute Gasteiger partial charge is 0.274 e. The summed E-state index contributed by atoms with van der Waals surface area (Å²) in [6.07, 6.45) is 0. The van der Waals surface area contributed by atoms with Gasteiger partial charge in [0.15, 0.2) is 40.7 Å². The van der Waals surface area contributed by atoms with E-state index in [4.69, 9.17) is 4.43 Å². The molecule has 2 rings (SSSR count). The van der Waals surface area contributed by atoms with E-state index < -0.39 is 66.6 Å². The number of halogens is 7. The van der Waals surface area contributed by atoms with E-state index in [2.05, 4.69) is 0 Å². The molecule has 9 heteroatoms. The van der Waals surface area contributed by atoms with Crippen LogP contribution < -0.4 is 4.43 Å². The first-order valence-electron chi connectivity index (χ1n) is 6.14. The fourth-order valence-corrected chi connectivity index (χ4v) is 2.47. The lowest BCUT2D eigenvalue weighted by Crippen LogP contribution is -2.13. The highest BCUT2D eigenvalue weighted by atomic mass is 28.3. The SMILES string of the molecule is C[Si](C)Oc1c(F)cc(-c2c(F)c(F)c(F)c(F)c2F)cc1F. The van der Waals surface area contributed by atoms with Crippen LogP contribution in [0.5, 0.6) is 5.75 Å². The molecule has 0 amide bonds. The van der Waals surface area contributed by atoms with Crippen molar-refractivity contribution < 1.29 is 35.2 Å². The molecule has 0 heterocycles. The quantitative estimate of drug-likeness (QED) is 0.328. The molecular weight excluding hydrogens is 345 g/mol. The summed E-state index contributed by atoms with van der Waals surface area (Å²) in [5.41, 5.74) is -2.24. The van der Waals surface area contributed by atoms with Crippen LogP contribution in [0.3, 0.4) is 0 Å². The van der Waals surface area contributed by atoms with E-state index >= 15 is 0 Å². The second-order valence-electron chi connectivity index (χ2n) is 4.72. The van der Waals surface area contributed by atoms with Crippen molar-refractivity contribution in [3.8, 4) is 16.9 Å². The van der Waals surface area contributed by atoms with Crippen molar-refractivity contribution in [3.05, 3.63) is 52.9 Å². The summed E-state index contributed by atoms with van der Waals surface area (Å²) in [4.78, 5) is 0. The zero-order chi connectivity index (χ0) is 17.5. The van der Waals surface area contributed by atoms with Crippen LogP contribution in [0.2, 0.25) is 13.1 Å².